The van der Waals surface area contributed by atoms with Crippen molar-refractivity contribution >= 4 is 5.84 Å². The predicted molar refractivity (Wildman–Crippen MR) is 50.2 cm³/mol. The van der Waals surface area contributed by atoms with Crippen molar-refractivity contribution in [2.45, 2.75) is 44.9 Å². The average molecular weight is 166 g/mol. The molecule has 1 atom stereocenters. The van der Waals surface area contributed by atoms with Crippen molar-refractivity contribution in [1.29, 1.82) is 5.41 Å². The van der Waals surface area contributed by atoms with E-state index in [0.717, 1.165) is 0 Å². The highest BCUT2D eigenvalue weighted by Gasteiger charge is 2.50. The molecule has 2 fully saturated rings. The van der Waals surface area contributed by atoms with Crippen LogP contribution in [0.1, 0.15) is 44.9 Å². The summed E-state index contributed by atoms with van der Waals surface area (Å²) in [6.07, 6.45) is 9.17. The van der Waals surface area contributed by atoms with Gasteiger partial charge in [0.2, 0.25) is 0 Å². The van der Waals surface area contributed by atoms with Crippen molar-refractivity contribution < 1.29 is 0 Å². The van der Waals surface area contributed by atoms with Crippen molar-refractivity contribution in [1.82, 2.24) is 0 Å². The van der Waals surface area contributed by atoms with Crippen molar-refractivity contribution in [3.8, 4) is 0 Å². The Bertz CT molecular complexity index is 194. The summed E-state index contributed by atoms with van der Waals surface area (Å²) in [7, 11) is 0. The van der Waals surface area contributed by atoms with Crippen LogP contribution in [0, 0.1) is 16.7 Å². The molecule has 2 nitrogen and oxygen atoms in total. The van der Waals surface area contributed by atoms with Crippen LogP contribution in [0.5, 0.6) is 0 Å². The first-order valence-electron chi connectivity index (χ1n) is 5.08. The fraction of sp³-hybridized carbons (Fsp3) is 0.900. The standard InChI is InChI=1S/C10H18N2/c11-9(12)8-4-2-1-3-5-10(8)6-7-10/h8H,1-7H2,(H3,11,12). The highest BCUT2D eigenvalue weighted by molar-refractivity contribution is 5.80. The van der Waals surface area contributed by atoms with E-state index in [1.165, 1.54) is 44.9 Å². The third kappa shape index (κ3) is 1.23. The van der Waals surface area contributed by atoms with Crippen LogP contribution in [0.4, 0.5) is 0 Å². The fourth-order valence-electron chi connectivity index (χ4n) is 2.73. The van der Waals surface area contributed by atoms with Gasteiger partial charge in [0.25, 0.3) is 0 Å². The lowest BCUT2D eigenvalue weighted by atomic mass is 9.84. The molecule has 0 bridgehead atoms. The van der Waals surface area contributed by atoms with E-state index >= 15 is 0 Å². The van der Waals surface area contributed by atoms with Crippen LogP contribution in [-0.4, -0.2) is 5.84 Å². The summed E-state index contributed by atoms with van der Waals surface area (Å²) in [6.45, 7) is 0. The van der Waals surface area contributed by atoms with Crippen LogP contribution in [-0.2, 0) is 0 Å². The normalized spacial score (nSPS) is 32.8. The average Bonchev–Trinajstić information content (AvgIpc) is 2.80. The zero-order chi connectivity index (χ0) is 8.60. The number of rotatable bonds is 1. The number of hydrogen-bond acceptors (Lipinski definition) is 1. The molecule has 1 unspecified atom stereocenters. The first kappa shape index (κ1) is 8.09. The van der Waals surface area contributed by atoms with Crippen LogP contribution in [0.2, 0.25) is 0 Å². The Morgan fingerprint density at radius 1 is 1.17 bits per heavy atom. The molecular formula is C10H18N2. The van der Waals surface area contributed by atoms with Gasteiger partial charge in [0.15, 0.2) is 0 Å². The first-order valence-corrected chi connectivity index (χ1v) is 5.08. The van der Waals surface area contributed by atoms with Gasteiger partial charge in [-0.05, 0) is 31.1 Å². The van der Waals surface area contributed by atoms with Crippen LogP contribution >= 0.6 is 0 Å². The first-order chi connectivity index (χ1) is 5.75. The molecule has 12 heavy (non-hydrogen) atoms. The molecular weight excluding hydrogens is 148 g/mol. The molecule has 2 aliphatic carbocycles. The van der Waals surface area contributed by atoms with Gasteiger partial charge in [-0.15, -0.1) is 0 Å². The van der Waals surface area contributed by atoms with Gasteiger partial charge in [-0.1, -0.05) is 19.3 Å². The summed E-state index contributed by atoms with van der Waals surface area (Å²) in [4.78, 5) is 0. The quantitative estimate of drug-likeness (QED) is 0.455. The predicted octanol–water partition coefficient (Wildman–Crippen LogP) is 2.28. The summed E-state index contributed by atoms with van der Waals surface area (Å²) in [5.74, 6) is 0.884. The number of hydrogen-bond donors (Lipinski definition) is 2. The van der Waals surface area contributed by atoms with E-state index in [0.29, 0.717) is 17.2 Å². The second kappa shape index (κ2) is 2.75. The molecule has 2 rings (SSSR count). The van der Waals surface area contributed by atoms with Crippen molar-refractivity contribution in [3.63, 3.8) is 0 Å². The highest BCUT2D eigenvalue weighted by atomic mass is 14.8. The molecule has 2 aliphatic rings. The molecule has 2 saturated carbocycles. The maximum absolute atomic E-state index is 7.56. The van der Waals surface area contributed by atoms with Crippen LogP contribution in [0.25, 0.3) is 0 Å². The molecule has 0 aromatic rings. The third-order valence-corrected chi connectivity index (χ3v) is 3.67. The van der Waals surface area contributed by atoms with Gasteiger partial charge in [-0.25, -0.2) is 0 Å². The van der Waals surface area contributed by atoms with Gasteiger partial charge in [-0.2, -0.15) is 0 Å². The number of nitrogens with one attached hydrogen (secondary N) is 1. The molecule has 0 amide bonds. The fourth-order valence-corrected chi connectivity index (χ4v) is 2.73. The van der Waals surface area contributed by atoms with E-state index in [2.05, 4.69) is 0 Å². The molecule has 0 aromatic carbocycles. The van der Waals surface area contributed by atoms with E-state index in [1.807, 2.05) is 0 Å². The lowest BCUT2D eigenvalue weighted by molar-refractivity contribution is 0.366. The molecule has 0 heterocycles. The molecule has 2 heteroatoms. The Morgan fingerprint density at radius 3 is 2.50 bits per heavy atom. The van der Waals surface area contributed by atoms with E-state index in [1.54, 1.807) is 0 Å². The third-order valence-electron chi connectivity index (χ3n) is 3.67. The van der Waals surface area contributed by atoms with Gasteiger partial charge in [0.1, 0.15) is 0 Å². The van der Waals surface area contributed by atoms with Gasteiger partial charge < -0.3 is 5.73 Å². The summed E-state index contributed by atoms with van der Waals surface area (Å²) in [5, 5.41) is 7.56. The Kier molecular flexibility index (Phi) is 1.85. The maximum Gasteiger partial charge on any atom is 0.0942 e. The SMILES string of the molecule is N=C(N)C1CCCCCC12CC2. The number of amidine groups is 1. The smallest absolute Gasteiger partial charge is 0.0942 e. The second-order valence-corrected chi connectivity index (χ2v) is 4.47. The lowest BCUT2D eigenvalue weighted by Crippen LogP contribution is -2.29. The van der Waals surface area contributed by atoms with Crippen molar-refractivity contribution in [3.05, 3.63) is 0 Å². The molecule has 0 aromatic heterocycles. The van der Waals surface area contributed by atoms with Crippen molar-refractivity contribution in [2.24, 2.45) is 17.1 Å². The monoisotopic (exact) mass is 166 g/mol. The van der Waals surface area contributed by atoms with E-state index < -0.39 is 0 Å². The summed E-state index contributed by atoms with van der Waals surface area (Å²) >= 11 is 0. The minimum absolute atomic E-state index is 0.431. The largest absolute Gasteiger partial charge is 0.387 e. The Hall–Kier alpha value is -0.530. The van der Waals surface area contributed by atoms with E-state index in [-0.39, 0.29) is 0 Å². The Morgan fingerprint density at radius 2 is 1.92 bits per heavy atom. The maximum atomic E-state index is 7.56. The Balaban J connectivity index is 2.11. The minimum Gasteiger partial charge on any atom is -0.387 e. The molecule has 1 spiro atoms. The molecule has 68 valence electrons. The molecule has 0 saturated heterocycles. The van der Waals surface area contributed by atoms with Gasteiger partial charge in [0.05, 0.1) is 5.84 Å². The van der Waals surface area contributed by atoms with Gasteiger partial charge in [-0.3, -0.25) is 5.41 Å². The van der Waals surface area contributed by atoms with Crippen LogP contribution in [0.3, 0.4) is 0 Å². The van der Waals surface area contributed by atoms with Crippen LogP contribution < -0.4 is 5.73 Å². The molecule has 3 N–H and O–H groups in total. The van der Waals surface area contributed by atoms with Gasteiger partial charge in [0, 0.05) is 5.92 Å². The summed E-state index contributed by atoms with van der Waals surface area (Å²) in [5.41, 5.74) is 6.14. The van der Waals surface area contributed by atoms with E-state index in [9.17, 15) is 0 Å². The zero-order valence-corrected chi connectivity index (χ0v) is 7.60. The molecule has 0 aliphatic heterocycles. The molecule has 0 radical (unpaired) electrons. The minimum atomic E-state index is 0.431. The second-order valence-electron chi connectivity index (χ2n) is 4.47. The lowest BCUT2D eigenvalue weighted by Gasteiger charge is -2.22. The van der Waals surface area contributed by atoms with Gasteiger partial charge >= 0.3 is 0 Å². The summed E-state index contributed by atoms with van der Waals surface area (Å²) in [6, 6.07) is 0. The zero-order valence-electron chi connectivity index (χ0n) is 7.60. The number of nitrogens with two attached hydrogens (primary N) is 1. The Labute approximate surface area is 74.0 Å². The van der Waals surface area contributed by atoms with E-state index in [4.69, 9.17) is 11.1 Å². The van der Waals surface area contributed by atoms with Crippen molar-refractivity contribution in [2.75, 3.05) is 0 Å². The summed E-state index contributed by atoms with van der Waals surface area (Å²) < 4.78 is 0. The highest BCUT2D eigenvalue weighted by Crippen LogP contribution is 2.58. The topological polar surface area (TPSA) is 49.9 Å². The van der Waals surface area contributed by atoms with Crippen LogP contribution in [0.15, 0.2) is 0 Å².